The molecule has 1 aromatic carbocycles. The van der Waals surface area contributed by atoms with Gasteiger partial charge in [0, 0.05) is 13.1 Å². The Morgan fingerprint density at radius 1 is 1.12 bits per heavy atom. The van der Waals surface area contributed by atoms with Crippen LogP contribution in [0.15, 0.2) is 46.1 Å². The van der Waals surface area contributed by atoms with Crippen LogP contribution >= 0.6 is 35.3 Å². The number of hydrogen-bond donors (Lipinski definition) is 2. The molecule has 1 aromatic heterocycles. The molecule has 5 nitrogen and oxygen atoms in total. The van der Waals surface area contributed by atoms with Crippen molar-refractivity contribution in [3.05, 3.63) is 46.7 Å². The van der Waals surface area contributed by atoms with Gasteiger partial charge in [0.2, 0.25) is 0 Å². The molecule has 0 atom stereocenters. The summed E-state index contributed by atoms with van der Waals surface area (Å²) in [6.07, 6.45) is 0.898. The lowest BCUT2D eigenvalue weighted by Crippen LogP contribution is -2.38. The number of benzene rings is 1. The van der Waals surface area contributed by atoms with Gasteiger partial charge in [-0.25, -0.2) is 4.99 Å². The van der Waals surface area contributed by atoms with E-state index in [0.717, 1.165) is 37.0 Å². The van der Waals surface area contributed by atoms with Gasteiger partial charge in [-0.15, -0.1) is 24.0 Å². The van der Waals surface area contributed by atoms with Crippen molar-refractivity contribution < 1.29 is 9.47 Å². The van der Waals surface area contributed by atoms with Crippen LogP contribution in [-0.2, 0) is 6.54 Å². The van der Waals surface area contributed by atoms with Crippen molar-refractivity contribution in [3.8, 4) is 11.5 Å². The number of thiophene rings is 1. The fourth-order valence-corrected chi connectivity index (χ4v) is 2.70. The maximum atomic E-state index is 5.71. The molecular formula is C18H26IN3O2S. The molecule has 2 rings (SSSR count). The third kappa shape index (κ3) is 8.44. The normalized spacial score (nSPS) is 10.7. The summed E-state index contributed by atoms with van der Waals surface area (Å²) in [5, 5.41) is 10.8. The number of guanidine groups is 1. The Balaban J connectivity index is 0.00000312. The zero-order valence-electron chi connectivity index (χ0n) is 14.7. The van der Waals surface area contributed by atoms with Crippen molar-refractivity contribution in [2.75, 3.05) is 26.8 Å². The minimum atomic E-state index is 0. The van der Waals surface area contributed by atoms with Crippen molar-refractivity contribution in [1.82, 2.24) is 10.6 Å². The Labute approximate surface area is 170 Å². The maximum absolute atomic E-state index is 5.71. The van der Waals surface area contributed by atoms with Crippen LogP contribution < -0.4 is 20.1 Å². The Kier molecular flexibility index (Phi) is 11.1. The van der Waals surface area contributed by atoms with E-state index in [1.54, 1.807) is 18.4 Å². The number of methoxy groups -OCH3 is 1. The highest BCUT2D eigenvalue weighted by atomic mass is 127. The summed E-state index contributed by atoms with van der Waals surface area (Å²) in [5.74, 6) is 2.53. The van der Waals surface area contributed by atoms with Gasteiger partial charge in [-0.3, -0.25) is 0 Å². The molecule has 0 aliphatic rings. The van der Waals surface area contributed by atoms with E-state index in [2.05, 4.69) is 39.4 Å². The molecule has 0 radical (unpaired) electrons. The minimum Gasteiger partial charge on any atom is -0.497 e. The van der Waals surface area contributed by atoms with Crippen molar-refractivity contribution in [3.63, 3.8) is 0 Å². The molecule has 138 valence electrons. The molecule has 0 aliphatic carbocycles. The Morgan fingerprint density at radius 3 is 2.52 bits per heavy atom. The van der Waals surface area contributed by atoms with Gasteiger partial charge >= 0.3 is 0 Å². The van der Waals surface area contributed by atoms with Gasteiger partial charge in [-0.1, -0.05) is 0 Å². The monoisotopic (exact) mass is 475 g/mol. The van der Waals surface area contributed by atoms with Crippen LogP contribution in [0.3, 0.4) is 0 Å². The summed E-state index contributed by atoms with van der Waals surface area (Å²) in [7, 11) is 1.66. The van der Waals surface area contributed by atoms with Crippen molar-refractivity contribution in [2.45, 2.75) is 19.9 Å². The van der Waals surface area contributed by atoms with E-state index in [0.29, 0.717) is 13.2 Å². The molecule has 2 aromatic rings. The van der Waals surface area contributed by atoms with Crippen molar-refractivity contribution in [2.24, 2.45) is 4.99 Å². The zero-order valence-corrected chi connectivity index (χ0v) is 17.8. The van der Waals surface area contributed by atoms with Gasteiger partial charge < -0.3 is 20.1 Å². The van der Waals surface area contributed by atoms with E-state index < -0.39 is 0 Å². The third-order valence-electron chi connectivity index (χ3n) is 3.29. The first-order chi connectivity index (χ1) is 11.8. The van der Waals surface area contributed by atoms with E-state index in [9.17, 15) is 0 Å². The predicted octanol–water partition coefficient (Wildman–Crippen LogP) is 3.90. The highest BCUT2D eigenvalue weighted by Gasteiger charge is 1.99. The average Bonchev–Trinajstić information content (AvgIpc) is 3.13. The van der Waals surface area contributed by atoms with E-state index in [1.165, 1.54) is 5.56 Å². The predicted molar refractivity (Wildman–Crippen MR) is 116 cm³/mol. The molecule has 1 heterocycles. The topological polar surface area (TPSA) is 54.9 Å². The van der Waals surface area contributed by atoms with Crippen molar-refractivity contribution >= 4 is 41.3 Å². The number of aliphatic imine (C=N–C) groups is 1. The third-order valence-corrected chi connectivity index (χ3v) is 4.02. The van der Waals surface area contributed by atoms with Gasteiger partial charge in [0.1, 0.15) is 11.5 Å². The van der Waals surface area contributed by atoms with Gasteiger partial charge in [-0.05, 0) is 60.0 Å². The quantitative estimate of drug-likeness (QED) is 0.250. The van der Waals surface area contributed by atoms with Crippen molar-refractivity contribution in [1.29, 1.82) is 0 Å². The van der Waals surface area contributed by atoms with E-state index in [4.69, 9.17) is 9.47 Å². The smallest absolute Gasteiger partial charge is 0.191 e. The lowest BCUT2D eigenvalue weighted by atomic mass is 10.3. The number of rotatable bonds is 9. The summed E-state index contributed by atoms with van der Waals surface area (Å²) in [6.45, 7) is 5.07. The molecule has 0 unspecified atom stereocenters. The molecule has 0 saturated carbocycles. The number of nitrogens with zero attached hydrogens (tertiary/aromatic N) is 1. The first kappa shape index (κ1) is 21.6. The Bertz CT molecular complexity index is 603. The van der Waals surface area contributed by atoms with Gasteiger partial charge in [0.05, 0.1) is 20.3 Å². The molecule has 0 spiro atoms. The standard InChI is InChI=1S/C18H25N3O2S.HI/c1-3-19-18(21-13-15-9-12-24-14-15)20-10-4-11-23-17-7-5-16(22-2)6-8-17;/h5-9,12,14H,3-4,10-11,13H2,1-2H3,(H2,19,20,21);1H. The van der Waals surface area contributed by atoms with Crippen LogP contribution in [0.5, 0.6) is 11.5 Å². The molecule has 0 aliphatic heterocycles. The van der Waals surface area contributed by atoms with Gasteiger partial charge in [0.15, 0.2) is 5.96 Å². The van der Waals surface area contributed by atoms with E-state index in [1.807, 2.05) is 24.3 Å². The van der Waals surface area contributed by atoms with Gasteiger partial charge in [-0.2, -0.15) is 11.3 Å². The summed E-state index contributed by atoms with van der Waals surface area (Å²) in [6, 6.07) is 9.72. The number of hydrogen-bond acceptors (Lipinski definition) is 4. The fourth-order valence-electron chi connectivity index (χ4n) is 2.04. The molecule has 7 heteroatoms. The van der Waals surface area contributed by atoms with Crippen LogP contribution in [-0.4, -0.2) is 32.8 Å². The highest BCUT2D eigenvalue weighted by molar-refractivity contribution is 14.0. The van der Waals surface area contributed by atoms with Crippen LogP contribution in [0, 0.1) is 0 Å². The lowest BCUT2D eigenvalue weighted by molar-refractivity contribution is 0.310. The molecule has 25 heavy (non-hydrogen) atoms. The van der Waals surface area contributed by atoms with E-state index in [-0.39, 0.29) is 24.0 Å². The molecule has 0 amide bonds. The number of halogens is 1. The molecule has 0 saturated heterocycles. The van der Waals surface area contributed by atoms with Crippen LogP contribution in [0.2, 0.25) is 0 Å². The molecule has 0 bridgehead atoms. The molecule has 0 fully saturated rings. The van der Waals surface area contributed by atoms with Gasteiger partial charge in [0.25, 0.3) is 0 Å². The van der Waals surface area contributed by atoms with Crippen LogP contribution in [0.4, 0.5) is 0 Å². The summed E-state index contributed by atoms with van der Waals surface area (Å²) in [5.41, 5.74) is 1.24. The fraction of sp³-hybridized carbons (Fsp3) is 0.389. The van der Waals surface area contributed by atoms with Crippen LogP contribution in [0.25, 0.3) is 0 Å². The number of ether oxygens (including phenoxy) is 2. The maximum Gasteiger partial charge on any atom is 0.191 e. The molecular weight excluding hydrogens is 449 g/mol. The minimum absolute atomic E-state index is 0. The average molecular weight is 475 g/mol. The highest BCUT2D eigenvalue weighted by Crippen LogP contribution is 2.16. The second kappa shape index (κ2) is 12.8. The largest absolute Gasteiger partial charge is 0.497 e. The lowest BCUT2D eigenvalue weighted by Gasteiger charge is -2.11. The zero-order chi connectivity index (χ0) is 17.0. The SMILES string of the molecule is CCNC(=NCc1ccsc1)NCCCOc1ccc(OC)cc1.I. The van der Waals surface area contributed by atoms with E-state index >= 15 is 0 Å². The second-order valence-corrected chi connectivity index (χ2v) is 5.91. The molecule has 2 N–H and O–H groups in total. The first-order valence-electron chi connectivity index (χ1n) is 8.12. The second-order valence-electron chi connectivity index (χ2n) is 5.13. The number of nitrogens with one attached hydrogen (secondary N) is 2. The first-order valence-corrected chi connectivity index (χ1v) is 9.06. The van der Waals surface area contributed by atoms with Crippen LogP contribution in [0.1, 0.15) is 18.9 Å². The summed E-state index contributed by atoms with van der Waals surface area (Å²) in [4.78, 5) is 4.58. The Morgan fingerprint density at radius 2 is 1.88 bits per heavy atom. The Hall–Kier alpha value is -1.48. The summed E-state index contributed by atoms with van der Waals surface area (Å²) < 4.78 is 10.8. The summed E-state index contributed by atoms with van der Waals surface area (Å²) >= 11 is 1.69.